The number of hydrogen-bond acceptors (Lipinski definition) is 3. The van der Waals surface area contributed by atoms with Crippen LogP contribution >= 0.6 is 0 Å². The van der Waals surface area contributed by atoms with Crippen molar-refractivity contribution in [3.05, 3.63) is 59.7 Å². The molecule has 0 aliphatic carbocycles. The van der Waals surface area contributed by atoms with Gasteiger partial charge in [0.15, 0.2) is 0 Å². The molecule has 2 atom stereocenters. The molecule has 0 fully saturated rings. The molecule has 0 saturated heterocycles. The molecule has 3 nitrogen and oxygen atoms in total. The van der Waals surface area contributed by atoms with E-state index in [2.05, 4.69) is 31.2 Å². The Morgan fingerprint density at radius 3 is 2.78 bits per heavy atom. The third-order valence-electron chi connectivity index (χ3n) is 4.40. The first-order chi connectivity index (χ1) is 11.1. The van der Waals surface area contributed by atoms with Crippen molar-refractivity contribution in [3.8, 4) is 11.5 Å². The maximum atomic E-state index is 11.5. The minimum Gasteiger partial charge on any atom is -0.493 e. The molecule has 3 heteroatoms. The average molecular weight is 310 g/mol. The third kappa shape index (κ3) is 3.73. The van der Waals surface area contributed by atoms with Gasteiger partial charge in [-0.15, -0.1) is 0 Å². The maximum Gasteiger partial charge on any atom is 0.311 e. The molecule has 0 amide bonds. The molecule has 2 aromatic carbocycles. The van der Waals surface area contributed by atoms with Crippen molar-refractivity contribution in [2.24, 2.45) is 0 Å². The molecule has 1 heterocycles. The highest BCUT2D eigenvalue weighted by Crippen LogP contribution is 2.36. The van der Waals surface area contributed by atoms with Gasteiger partial charge in [0.05, 0.1) is 13.0 Å². The molecule has 1 aliphatic rings. The summed E-state index contributed by atoms with van der Waals surface area (Å²) in [6, 6.07) is 16.2. The Labute approximate surface area is 137 Å². The largest absolute Gasteiger partial charge is 0.493 e. The van der Waals surface area contributed by atoms with Crippen LogP contribution < -0.4 is 9.47 Å². The van der Waals surface area contributed by atoms with E-state index in [0.29, 0.717) is 24.7 Å². The standard InChI is InChI=1S/C20H22O3/c1-14(16-6-4-3-5-7-16)10-11-22-17-8-9-18-15(2)12-20(21)23-19(18)13-17/h3-9,13-15H,10-12H2,1-2H3. The van der Waals surface area contributed by atoms with Gasteiger partial charge in [0.2, 0.25) is 0 Å². The number of carbonyl (C=O) groups is 1. The first-order valence-electron chi connectivity index (χ1n) is 8.16. The Kier molecular flexibility index (Phi) is 4.65. The second kappa shape index (κ2) is 6.86. The number of benzene rings is 2. The van der Waals surface area contributed by atoms with Crippen LogP contribution in [0.4, 0.5) is 0 Å². The zero-order valence-corrected chi connectivity index (χ0v) is 13.6. The van der Waals surface area contributed by atoms with Crippen LogP contribution in [-0.4, -0.2) is 12.6 Å². The van der Waals surface area contributed by atoms with Crippen molar-refractivity contribution in [2.45, 2.75) is 38.5 Å². The first-order valence-corrected chi connectivity index (χ1v) is 8.16. The summed E-state index contributed by atoms with van der Waals surface area (Å²) in [6.07, 6.45) is 1.39. The minimum atomic E-state index is -0.167. The molecule has 23 heavy (non-hydrogen) atoms. The normalized spacial score (nSPS) is 18.0. The van der Waals surface area contributed by atoms with Crippen LogP contribution in [0.2, 0.25) is 0 Å². The fourth-order valence-corrected chi connectivity index (χ4v) is 2.93. The van der Waals surface area contributed by atoms with Crippen molar-refractivity contribution in [3.63, 3.8) is 0 Å². The van der Waals surface area contributed by atoms with Crippen LogP contribution in [0.1, 0.15) is 49.7 Å². The van der Waals surface area contributed by atoms with Gasteiger partial charge in [0.25, 0.3) is 0 Å². The zero-order valence-electron chi connectivity index (χ0n) is 13.6. The van der Waals surface area contributed by atoms with E-state index >= 15 is 0 Å². The molecule has 3 rings (SSSR count). The van der Waals surface area contributed by atoms with Crippen LogP contribution in [-0.2, 0) is 4.79 Å². The van der Waals surface area contributed by atoms with E-state index < -0.39 is 0 Å². The van der Waals surface area contributed by atoms with Crippen LogP contribution in [0.15, 0.2) is 48.5 Å². The predicted octanol–water partition coefficient (Wildman–Crippen LogP) is 4.67. The molecule has 1 aliphatic heterocycles. The highest BCUT2D eigenvalue weighted by atomic mass is 16.5. The van der Waals surface area contributed by atoms with Crippen molar-refractivity contribution >= 4 is 5.97 Å². The molecule has 2 unspecified atom stereocenters. The number of fused-ring (bicyclic) bond motifs is 1. The summed E-state index contributed by atoms with van der Waals surface area (Å²) in [7, 11) is 0. The van der Waals surface area contributed by atoms with E-state index in [9.17, 15) is 4.79 Å². The van der Waals surface area contributed by atoms with Gasteiger partial charge in [0, 0.05) is 6.07 Å². The predicted molar refractivity (Wildman–Crippen MR) is 90.1 cm³/mol. The lowest BCUT2D eigenvalue weighted by Gasteiger charge is -2.22. The quantitative estimate of drug-likeness (QED) is 0.594. The Bertz CT molecular complexity index is 679. The van der Waals surface area contributed by atoms with E-state index in [-0.39, 0.29) is 11.9 Å². The Morgan fingerprint density at radius 2 is 2.00 bits per heavy atom. The number of esters is 1. The van der Waals surface area contributed by atoms with E-state index in [0.717, 1.165) is 17.7 Å². The highest BCUT2D eigenvalue weighted by molar-refractivity contribution is 5.76. The average Bonchev–Trinajstić information content (AvgIpc) is 2.55. The summed E-state index contributed by atoms with van der Waals surface area (Å²) < 4.78 is 11.2. The first kappa shape index (κ1) is 15.6. The third-order valence-corrected chi connectivity index (χ3v) is 4.40. The topological polar surface area (TPSA) is 35.5 Å². The molecule has 0 N–H and O–H groups in total. The molecular weight excluding hydrogens is 288 g/mol. The van der Waals surface area contributed by atoms with E-state index in [1.165, 1.54) is 5.56 Å². The number of carbonyl (C=O) groups excluding carboxylic acids is 1. The molecule has 0 saturated carbocycles. The van der Waals surface area contributed by atoms with Gasteiger partial charge in [-0.05, 0) is 35.4 Å². The number of rotatable bonds is 5. The monoisotopic (exact) mass is 310 g/mol. The lowest BCUT2D eigenvalue weighted by molar-refractivity contribution is -0.135. The number of ether oxygens (including phenoxy) is 2. The second-order valence-electron chi connectivity index (χ2n) is 6.23. The Morgan fingerprint density at radius 1 is 1.22 bits per heavy atom. The van der Waals surface area contributed by atoms with E-state index in [4.69, 9.17) is 9.47 Å². The van der Waals surface area contributed by atoms with Gasteiger partial charge in [0.1, 0.15) is 11.5 Å². The van der Waals surface area contributed by atoms with Crippen molar-refractivity contribution in [1.82, 2.24) is 0 Å². The van der Waals surface area contributed by atoms with Crippen molar-refractivity contribution < 1.29 is 14.3 Å². The van der Waals surface area contributed by atoms with Gasteiger partial charge in [-0.25, -0.2) is 0 Å². The smallest absolute Gasteiger partial charge is 0.311 e. The fraction of sp³-hybridized carbons (Fsp3) is 0.350. The molecule has 2 aromatic rings. The Balaban J connectivity index is 1.59. The maximum absolute atomic E-state index is 11.5. The van der Waals surface area contributed by atoms with Crippen LogP contribution in [0, 0.1) is 0 Å². The fourth-order valence-electron chi connectivity index (χ4n) is 2.93. The molecular formula is C20H22O3. The van der Waals surface area contributed by atoms with Gasteiger partial charge < -0.3 is 9.47 Å². The van der Waals surface area contributed by atoms with Crippen LogP contribution in [0.3, 0.4) is 0 Å². The van der Waals surface area contributed by atoms with E-state index in [1.54, 1.807) is 0 Å². The van der Waals surface area contributed by atoms with Crippen molar-refractivity contribution in [2.75, 3.05) is 6.61 Å². The SMILES string of the molecule is CC(CCOc1ccc2c(c1)OC(=O)CC2C)c1ccccc1. The molecule has 0 radical (unpaired) electrons. The summed E-state index contributed by atoms with van der Waals surface area (Å²) in [5, 5.41) is 0. The van der Waals surface area contributed by atoms with Gasteiger partial charge in [-0.3, -0.25) is 4.79 Å². The zero-order chi connectivity index (χ0) is 16.2. The highest BCUT2D eigenvalue weighted by Gasteiger charge is 2.24. The summed E-state index contributed by atoms with van der Waals surface area (Å²) in [4.78, 5) is 11.5. The van der Waals surface area contributed by atoms with Crippen LogP contribution in [0.5, 0.6) is 11.5 Å². The lowest BCUT2D eigenvalue weighted by Crippen LogP contribution is -2.18. The molecule has 0 aromatic heterocycles. The van der Waals surface area contributed by atoms with Crippen LogP contribution in [0.25, 0.3) is 0 Å². The summed E-state index contributed by atoms with van der Waals surface area (Å²) in [5.74, 6) is 1.89. The molecule has 120 valence electrons. The molecule has 0 bridgehead atoms. The van der Waals surface area contributed by atoms with Gasteiger partial charge >= 0.3 is 5.97 Å². The molecule has 0 spiro atoms. The number of hydrogen-bond donors (Lipinski definition) is 0. The lowest BCUT2D eigenvalue weighted by atomic mass is 9.95. The summed E-state index contributed by atoms with van der Waals surface area (Å²) in [6.45, 7) is 4.88. The van der Waals surface area contributed by atoms with Crippen molar-refractivity contribution in [1.29, 1.82) is 0 Å². The second-order valence-corrected chi connectivity index (χ2v) is 6.23. The summed E-state index contributed by atoms with van der Waals surface area (Å²) >= 11 is 0. The summed E-state index contributed by atoms with van der Waals surface area (Å²) in [5.41, 5.74) is 2.40. The van der Waals surface area contributed by atoms with Gasteiger partial charge in [-0.2, -0.15) is 0 Å². The minimum absolute atomic E-state index is 0.167. The van der Waals surface area contributed by atoms with Gasteiger partial charge in [-0.1, -0.05) is 50.2 Å². The Hall–Kier alpha value is -2.29. The van der Waals surface area contributed by atoms with E-state index in [1.807, 2.05) is 31.2 Å².